The molecule has 3 rings (SSSR count). The first-order valence-corrected chi connectivity index (χ1v) is 7.99. The normalized spacial score (nSPS) is 10.4. The van der Waals surface area contributed by atoms with Crippen LogP contribution in [0.5, 0.6) is 5.75 Å². The number of rotatable bonds is 6. The van der Waals surface area contributed by atoms with E-state index in [1.807, 2.05) is 0 Å². The van der Waals surface area contributed by atoms with Gasteiger partial charge in [-0.05, 0) is 59.7 Å². The summed E-state index contributed by atoms with van der Waals surface area (Å²) in [6.07, 6.45) is 0. The topological polar surface area (TPSA) is 35.5 Å². The second kappa shape index (κ2) is 8.25. The Kier molecular flexibility index (Phi) is 5.59. The van der Waals surface area contributed by atoms with E-state index < -0.39 is 5.97 Å². The van der Waals surface area contributed by atoms with Crippen LogP contribution in [0.15, 0.2) is 72.8 Å². The molecule has 0 aliphatic carbocycles. The maximum absolute atomic E-state index is 13.1. The van der Waals surface area contributed by atoms with Gasteiger partial charge in [-0.1, -0.05) is 24.3 Å². The summed E-state index contributed by atoms with van der Waals surface area (Å²) in [7, 11) is 0. The first kappa shape index (κ1) is 17.6. The van der Waals surface area contributed by atoms with Crippen LogP contribution in [0.4, 0.5) is 8.78 Å². The van der Waals surface area contributed by atoms with E-state index in [0.29, 0.717) is 22.4 Å². The van der Waals surface area contributed by atoms with Crippen LogP contribution in [-0.2, 0) is 18.0 Å². The molecule has 0 aliphatic heterocycles. The van der Waals surface area contributed by atoms with Crippen molar-refractivity contribution in [3.8, 4) is 5.75 Å². The first-order chi connectivity index (χ1) is 12.6. The summed E-state index contributed by atoms with van der Waals surface area (Å²) in [5, 5.41) is 0. The van der Waals surface area contributed by atoms with Gasteiger partial charge in [-0.25, -0.2) is 13.6 Å². The molecule has 0 radical (unpaired) electrons. The quantitative estimate of drug-likeness (QED) is 0.591. The second-order valence-corrected chi connectivity index (χ2v) is 5.65. The SMILES string of the molecule is O=C(OCc1cccc(F)c1)c1ccc(OCc2cccc(F)c2)cc1. The van der Waals surface area contributed by atoms with Crippen LogP contribution in [0.25, 0.3) is 0 Å². The molecular formula is C21H16F2O3. The van der Waals surface area contributed by atoms with Gasteiger partial charge in [0.25, 0.3) is 0 Å². The van der Waals surface area contributed by atoms with E-state index in [0.717, 1.165) is 0 Å². The second-order valence-electron chi connectivity index (χ2n) is 5.65. The van der Waals surface area contributed by atoms with Gasteiger partial charge in [0, 0.05) is 0 Å². The highest BCUT2D eigenvalue weighted by Crippen LogP contribution is 2.16. The molecule has 0 atom stereocenters. The van der Waals surface area contributed by atoms with Crippen LogP contribution in [0.3, 0.4) is 0 Å². The number of esters is 1. The van der Waals surface area contributed by atoms with Gasteiger partial charge in [-0.2, -0.15) is 0 Å². The summed E-state index contributed by atoms with van der Waals surface area (Å²) in [5.74, 6) is -0.650. The van der Waals surface area contributed by atoms with Crippen molar-refractivity contribution in [2.24, 2.45) is 0 Å². The molecule has 0 aliphatic rings. The molecule has 5 heteroatoms. The molecule has 3 nitrogen and oxygen atoms in total. The van der Waals surface area contributed by atoms with Crippen LogP contribution < -0.4 is 4.74 Å². The van der Waals surface area contributed by atoms with Gasteiger partial charge in [0.15, 0.2) is 0 Å². The number of halogens is 2. The fourth-order valence-corrected chi connectivity index (χ4v) is 2.34. The Morgan fingerprint density at radius 1 is 0.769 bits per heavy atom. The summed E-state index contributed by atoms with van der Waals surface area (Å²) >= 11 is 0. The zero-order valence-electron chi connectivity index (χ0n) is 13.8. The average molecular weight is 354 g/mol. The lowest BCUT2D eigenvalue weighted by atomic mass is 10.2. The Bertz CT molecular complexity index is 892. The number of carbonyl (C=O) groups is 1. The Balaban J connectivity index is 1.54. The predicted molar refractivity (Wildman–Crippen MR) is 92.7 cm³/mol. The van der Waals surface area contributed by atoms with Crippen molar-refractivity contribution in [1.82, 2.24) is 0 Å². The number of hydrogen-bond acceptors (Lipinski definition) is 3. The van der Waals surface area contributed by atoms with Gasteiger partial charge in [-0.15, -0.1) is 0 Å². The van der Waals surface area contributed by atoms with E-state index in [-0.39, 0.29) is 24.8 Å². The van der Waals surface area contributed by atoms with Crippen molar-refractivity contribution in [2.75, 3.05) is 0 Å². The third-order valence-corrected chi connectivity index (χ3v) is 3.64. The zero-order valence-corrected chi connectivity index (χ0v) is 13.8. The van der Waals surface area contributed by atoms with Crippen LogP contribution in [0.1, 0.15) is 21.5 Å². The molecule has 0 saturated heterocycles. The smallest absolute Gasteiger partial charge is 0.338 e. The van der Waals surface area contributed by atoms with Gasteiger partial charge in [0.1, 0.15) is 30.6 Å². The van der Waals surface area contributed by atoms with Crippen molar-refractivity contribution < 1.29 is 23.0 Å². The van der Waals surface area contributed by atoms with Crippen molar-refractivity contribution >= 4 is 5.97 Å². The van der Waals surface area contributed by atoms with Gasteiger partial charge < -0.3 is 9.47 Å². The molecule has 0 unspecified atom stereocenters. The maximum Gasteiger partial charge on any atom is 0.338 e. The molecule has 0 aromatic heterocycles. The Morgan fingerprint density at radius 2 is 1.35 bits per heavy atom. The highest BCUT2D eigenvalue weighted by Gasteiger charge is 2.08. The highest BCUT2D eigenvalue weighted by molar-refractivity contribution is 5.89. The van der Waals surface area contributed by atoms with Crippen LogP contribution >= 0.6 is 0 Å². The van der Waals surface area contributed by atoms with Gasteiger partial charge in [0.2, 0.25) is 0 Å². The minimum atomic E-state index is -0.508. The van der Waals surface area contributed by atoms with Crippen LogP contribution in [0, 0.1) is 11.6 Å². The molecule has 0 saturated carbocycles. The summed E-state index contributed by atoms with van der Waals surface area (Å²) in [4.78, 5) is 12.0. The number of benzene rings is 3. The Morgan fingerprint density at radius 3 is 1.92 bits per heavy atom. The summed E-state index contributed by atoms with van der Waals surface area (Å²) in [6, 6.07) is 18.5. The molecule has 26 heavy (non-hydrogen) atoms. The molecule has 0 N–H and O–H groups in total. The molecule has 0 amide bonds. The maximum atomic E-state index is 13.1. The van der Waals surface area contributed by atoms with Crippen molar-refractivity contribution in [2.45, 2.75) is 13.2 Å². The lowest BCUT2D eigenvalue weighted by Crippen LogP contribution is -2.05. The Labute approximate surface area is 149 Å². The molecule has 0 heterocycles. The average Bonchev–Trinajstić information content (AvgIpc) is 2.65. The van der Waals surface area contributed by atoms with E-state index in [9.17, 15) is 13.6 Å². The number of ether oxygens (including phenoxy) is 2. The van der Waals surface area contributed by atoms with E-state index >= 15 is 0 Å². The van der Waals surface area contributed by atoms with Crippen molar-refractivity contribution in [3.63, 3.8) is 0 Å². The lowest BCUT2D eigenvalue weighted by Gasteiger charge is -2.08. The Hall–Kier alpha value is -3.21. The third-order valence-electron chi connectivity index (χ3n) is 3.64. The van der Waals surface area contributed by atoms with Crippen LogP contribution in [0.2, 0.25) is 0 Å². The van der Waals surface area contributed by atoms with Crippen molar-refractivity contribution in [3.05, 3.63) is 101 Å². The standard InChI is InChI=1S/C21H16F2O3/c22-18-5-1-3-15(11-18)13-25-20-9-7-17(8-10-20)21(24)26-14-16-4-2-6-19(23)12-16/h1-12H,13-14H2. The molecule has 0 bridgehead atoms. The zero-order chi connectivity index (χ0) is 18.4. The highest BCUT2D eigenvalue weighted by atomic mass is 19.1. The van der Waals surface area contributed by atoms with Crippen LogP contribution in [-0.4, -0.2) is 5.97 Å². The summed E-state index contributed by atoms with van der Waals surface area (Å²) < 4.78 is 37.0. The summed E-state index contributed by atoms with van der Waals surface area (Å²) in [5.41, 5.74) is 1.65. The van der Waals surface area contributed by atoms with E-state index in [2.05, 4.69) is 0 Å². The van der Waals surface area contributed by atoms with E-state index in [1.165, 1.54) is 24.3 Å². The van der Waals surface area contributed by atoms with E-state index in [4.69, 9.17) is 9.47 Å². The van der Waals surface area contributed by atoms with E-state index in [1.54, 1.807) is 48.5 Å². The van der Waals surface area contributed by atoms with Gasteiger partial charge in [-0.3, -0.25) is 0 Å². The largest absolute Gasteiger partial charge is 0.489 e. The van der Waals surface area contributed by atoms with Crippen molar-refractivity contribution in [1.29, 1.82) is 0 Å². The molecule has 0 spiro atoms. The predicted octanol–water partition coefficient (Wildman–Crippen LogP) is 4.90. The molecule has 132 valence electrons. The minimum Gasteiger partial charge on any atom is -0.489 e. The molecular weight excluding hydrogens is 338 g/mol. The number of hydrogen-bond donors (Lipinski definition) is 0. The minimum absolute atomic E-state index is 0.00554. The lowest BCUT2D eigenvalue weighted by molar-refractivity contribution is 0.0472. The third kappa shape index (κ3) is 4.89. The monoisotopic (exact) mass is 354 g/mol. The van der Waals surface area contributed by atoms with Gasteiger partial charge in [0.05, 0.1) is 5.56 Å². The molecule has 3 aromatic carbocycles. The fraction of sp³-hybridized carbons (Fsp3) is 0.0952. The summed E-state index contributed by atoms with van der Waals surface area (Å²) in [6.45, 7) is 0.218. The molecule has 0 fully saturated rings. The fourth-order valence-electron chi connectivity index (χ4n) is 2.34. The van der Waals surface area contributed by atoms with Gasteiger partial charge >= 0.3 is 5.97 Å². The first-order valence-electron chi connectivity index (χ1n) is 7.99. The number of carbonyl (C=O) groups excluding carboxylic acids is 1. The molecule has 3 aromatic rings.